The average Bonchev–Trinajstić information content (AvgIpc) is 2.31. The molecule has 0 saturated heterocycles. The Morgan fingerprint density at radius 3 is 2.12 bits per heavy atom. The Hall–Kier alpha value is -0.950. The lowest BCUT2D eigenvalue weighted by molar-refractivity contribution is -0.115. The van der Waals surface area contributed by atoms with Gasteiger partial charge in [0.25, 0.3) is 0 Å². The molecule has 0 aliphatic rings. The predicted octanol–water partition coefficient (Wildman–Crippen LogP) is 0.972. The van der Waals surface area contributed by atoms with Crippen LogP contribution < -0.4 is 4.72 Å². The summed E-state index contributed by atoms with van der Waals surface area (Å²) < 4.78 is 36.4. The Balaban J connectivity index is 2.81. The van der Waals surface area contributed by atoms with E-state index in [0.717, 1.165) is 0 Å². The van der Waals surface area contributed by atoms with E-state index in [4.69, 9.17) is 9.47 Å². The summed E-state index contributed by atoms with van der Waals surface area (Å²) in [4.78, 5) is 0.220. The summed E-state index contributed by atoms with van der Waals surface area (Å²) in [5.74, 6) is 0. The highest BCUT2D eigenvalue weighted by molar-refractivity contribution is 7.89. The van der Waals surface area contributed by atoms with Gasteiger partial charge < -0.3 is 9.47 Å². The fourth-order valence-electron chi connectivity index (χ4n) is 1.47. The van der Waals surface area contributed by atoms with Gasteiger partial charge in [-0.1, -0.05) is 18.2 Å². The molecule has 0 heterocycles. The van der Waals surface area contributed by atoms with E-state index >= 15 is 0 Å². The quantitative estimate of drug-likeness (QED) is 0.773. The van der Waals surface area contributed by atoms with Crippen molar-refractivity contribution in [1.29, 1.82) is 0 Å². The normalized spacial score (nSPS) is 13.9. The van der Waals surface area contributed by atoms with Crippen LogP contribution in [0.3, 0.4) is 0 Å². The van der Waals surface area contributed by atoms with Crippen LogP contribution in [-0.4, -0.2) is 35.0 Å². The molecular weight excluding hydrogens is 242 g/mol. The molecular formula is C11H17NO4S. The Labute approximate surface area is 102 Å². The van der Waals surface area contributed by atoms with Gasteiger partial charge in [-0.3, -0.25) is 0 Å². The SMILES string of the molecule is COC(OC)C(C)NS(=O)(=O)c1ccccc1. The van der Waals surface area contributed by atoms with Gasteiger partial charge in [-0.05, 0) is 19.1 Å². The van der Waals surface area contributed by atoms with E-state index in [1.165, 1.54) is 26.4 Å². The minimum atomic E-state index is -3.53. The number of hydrogen-bond acceptors (Lipinski definition) is 4. The van der Waals surface area contributed by atoms with E-state index in [9.17, 15) is 8.42 Å². The lowest BCUT2D eigenvalue weighted by Crippen LogP contribution is -2.42. The highest BCUT2D eigenvalue weighted by Crippen LogP contribution is 2.09. The van der Waals surface area contributed by atoms with Gasteiger partial charge in [0.1, 0.15) is 0 Å². The highest BCUT2D eigenvalue weighted by atomic mass is 32.2. The van der Waals surface area contributed by atoms with Gasteiger partial charge in [0.2, 0.25) is 10.0 Å². The molecule has 6 heteroatoms. The molecule has 0 aromatic heterocycles. The molecule has 96 valence electrons. The average molecular weight is 259 g/mol. The maximum absolute atomic E-state index is 12.0. The molecule has 5 nitrogen and oxygen atoms in total. The monoisotopic (exact) mass is 259 g/mol. The number of methoxy groups -OCH3 is 2. The minimum absolute atomic E-state index is 0.220. The molecule has 1 atom stereocenters. The highest BCUT2D eigenvalue weighted by Gasteiger charge is 2.23. The lowest BCUT2D eigenvalue weighted by atomic mass is 10.3. The van der Waals surface area contributed by atoms with Crippen molar-refractivity contribution in [3.8, 4) is 0 Å². The van der Waals surface area contributed by atoms with Crippen molar-refractivity contribution >= 4 is 10.0 Å². The number of benzene rings is 1. The third-order valence-corrected chi connectivity index (χ3v) is 3.84. The molecule has 1 unspecified atom stereocenters. The summed E-state index contributed by atoms with van der Waals surface area (Å²) in [7, 11) is -0.615. The van der Waals surface area contributed by atoms with Gasteiger partial charge in [0, 0.05) is 14.2 Å². The van der Waals surface area contributed by atoms with E-state index in [0.29, 0.717) is 0 Å². The molecule has 1 rings (SSSR count). The van der Waals surface area contributed by atoms with Crippen molar-refractivity contribution in [2.24, 2.45) is 0 Å². The topological polar surface area (TPSA) is 64.6 Å². The molecule has 0 amide bonds. The Morgan fingerprint density at radius 1 is 1.12 bits per heavy atom. The Kier molecular flexibility index (Phi) is 5.07. The van der Waals surface area contributed by atoms with Crippen molar-refractivity contribution in [1.82, 2.24) is 4.72 Å². The zero-order chi connectivity index (χ0) is 12.9. The Morgan fingerprint density at radius 2 is 1.65 bits per heavy atom. The maximum atomic E-state index is 12.0. The zero-order valence-corrected chi connectivity index (χ0v) is 10.9. The second-order valence-electron chi connectivity index (χ2n) is 3.56. The molecule has 1 N–H and O–H groups in total. The fourth-order valence-corrected chi connectivity index (χ4v) is 2.72. The van der Waals surface area contributed by atoms with Crippen LogP contribution in [0.1, 0.15) is 6.92 Å². The molecule has 0 saturated carbocycles. The van der Waals surface area contributed by atoms with Crippen molar-refractivity contribution in [2.75, 3.05) is 14.2 Å². The molecule has 0 fully saturated rings. The standard InChI is InChI=1S/C11H17NO4S/c1-9(11(15-2)16-3)12-17(13,14)10-7-5-4-6-8-10/h4-9,11-12H,1-3H3. The summed E-state index contributed by atoms with van der Waals surface area (Å²) in [5.41, 5.74) is 0. The van der Waals surface area contributed by atoms with Crippen LogP contribution in [0.25, 0.3) is 0 Å². The number of sulfonamides is 1. The van der Waals surface area contributed by atoms with Crippen LogP contribution in [0.15, 0.2) is 35.2 Å². The summed E-state index contributed by atoms with van der Waals surface area (Å²) in [5, 5.41) is 0. The van der Waals surface area contributed by atoms with Gasteiger partial charge >= 0.3 is 0 Å². The van der Waals surface area contributed by atoms with Crippen LogP contribution in [0.4, 0.5) is 0 Å². The summed E-state index contributed by atoms with van der Waals surface area (Å²) in [6.45, 7) is 1.68. The minimum Gasteiger partial charge on any atom is -0.354 e. The first-order valence-corrected chi connectivity index (χ1v) is 6.62. The predicted molar refractivity (Wildman–Crippen MR) is 64.0 cm³/mol. The molecule has 1 aromatic carbocycles. The third kappa shape index (κ3) is 3.78. The lowest BCUT2D eigenvalue weighted by Gasteiger charge is -2.21. The van der Waals surface area contributed by atoms with Gasteiger partial charge in [0.05, 0.1) is 10.9 Å². The summed E-state index contributed by atoms with van der Waals surface area (Å²) >= 11 is 0. The van der Waals surface area contributed by atoms with Gasteiger partial charge in [-0.15, -0.1) is 0 Å². The summed E-state index contributed by atoms with van der Waals surface area (Å²) in [6, 6.07) is 7.69. The number of hydrogen-bond donors (Lipinski definition) is 1. The van der Waals surface area contributed by atoms with Crippen LogP contribution in [0.5, 0.6) is 0 Å². The zero-order valence-electron chi connectivity index (χ0n) is 10.1. The molecule has 0 radical (unpaired) electrons. The van der Waals surface area contributed by atoms with Gasteiger partial charge in [-0.2, -0.15) is 0 Å². The van der Waals surface area contributed by atoms with Crippen molar-refractivity contribution in [3.05, 3.63) is 30.3 Å². The maximum Gasteiger partial charge on any atom is 0.240 e. The van der Waals surface area contributed by atoms with Crippen LogP contribution >= 0.6 is 0 Å². The fraction of sp³-hybridized carbons (Fsp3) is 0.455. The second kappa shape index (κ2) is 6.11. The van der Waals surface area contributed by atoms with Crippen molar-refractivity contribution in [2.45, 2.75) is 24.2 Å². The third-order valence-electron chi connectivity index (χ3n) is 2.27. The molecule has 1 aromatic rings. The number of ether oxygens (including phenoxy) is 2. The Bertz CT molecular complexity index is 428. The van der Waals surface area contributed by atoms with E-state index in [2.05, 4.69) is 4.72 Å². The van der Waals surface area contributed by atoms with Gasteiger partial charge in [0.15, 0.2) is 6.29 Å². The first-order valence-electron chi connectivity index (χ1n) is 5.14. The number of nitrogens with one attached hydrogen (secondary N) is 1. The summed E-state index contributed by atoms with van der Waals surface area (Å²) in [6.07, 6.45) is -0.617. The molecule has 0 aliphatic carbocycles. The smallest absolute Gasteiger partial charge is 0.240 e. The first kappa shape index (κ1) is 14.1. The van der Waals surface area contributed by atoms with E-state index < -0.39 is 22.4 Å². The van der Waals surface area contributed by atoms with Crippen LogP contribution in [-0.2, 0) is 19.5 Å². The second-order valence-corrected chi connectivity index (χ2v) is 5.28. The van der Waals surface area contributed by atoms with Crippen LogP contribution in [0.2, 0.25) is 0 Å². The molecule has 0 bridgehead atoms. The molecule has 17 heavy (non-hydrogen) atoms. The van der Waals surface area contributed by atoms with E-state index in [-0.39, 0.29) is 4.90 Å². The molecule has 0 aliphatic heterocycles. The number of rotatable bonds is 6. The largest absolute Gasteiger partial charge is 0.354 e. The van der Waals surface area contributed by atoms with E-state index in [1.807, 2.05) is 0 Å². The first-order chi connectivity index (χ1) is 8.01. The van der Waals surface area contributed by atoms with Crippen molar-refractivity contribution in [3.63, 3.8) is 0 Å². The van der Waals surface area contributed by atoms with Crippen LogP contribution in [0, 0.1) is 0 Å². The molecule has 0 spiro atoms. The van der Waals surface area contributed by atoms with E-state index in [1.54, 1.807) is 25.1 Å². The van der Waals surface area contributed by atoms with Gasteiger partial charge in [-0.25, -0.2) is 13.1 Å². The van der Waals surface area contributed by atoms with Crippen molar-refractivity contribution < 1.29 is 17.9 Å².